The fourth-order valence-electron chi connectivity index (χ4n) is 2.33. The van der Waals surface area contributed by atoms with E-state index in [1.807, 2.05) is 24.3 Å². The molecule has 0 aromatic heterocycles. The highest BCUT2D eigenvalue weighted by atomic mass is 35.5. The van der Waals surface area contributed by atoms with Gasteiger partial charge in [0.05, 0.1) is 13.6 Å². The Kier molecular flexibility index (Phi) is 7.33. The molecule has 1 atom stereocenters. The van der Waals surface area contributed by atoms with Crippen molar-refractivity contribution in [3.05, 3.63) is 65.2 Å². The lowest BCUT2D eigenvalue weighted by Gasteiger charge is -2.15. The summed E-state index contributed by atoms with van der Waals surface area (Å²) >= 11 is 11.2. The second-order valence-electron chi connectivity index (χ2n) is 5.61. The SMILES string of the molecule is C[NH+](CCCNC(=S)Nc1ccc(Cl)cc1)Cc1ccccc1. The maximum Gasteiger partial charge on any atom is 0.170 e. The number of nitrogens with one attached hydrogen (secondary N) is 3. The number of benzene rings is 2. The number of rotatable bonds is 7. The molecule has 0 saturated heterocycles. The number of halogens is 1. The lowest BCUT2D eigenvalue weighted by atomic mass is 10.2. The molecule has 0 aliphatic rings. The standard InChI is InChI=1S/C18H22ClN3S/c1-22(14-15-6-3-2-4-7-15)13-5-12-20-18(23)21-17-10-8-16(19)9-11-17/h2-4,6-11H,5,12-14H2,1H3,(H2,20,21,23)/p+1. The summed E-state index contributed by atoms with van der Waals surface area (Å²) < 4.78 is 0. The van der Waals surface area contributed by atoms with Crippen LogP contribution in [-0.4, -0.2) is 25.2 Å². The van der Waals surface area contributed by atoms with Crippen molar-refractivity contribution in [2.75, 3.05) is 25.5 Å². The van der Waals surface area contributed by atoms with E-state index in [0.29, 0.717) is 5.11 Å². The number of anilines is 1. The number of quaternary nitrogens is 1. The molecule has 0 aliphatic carbocycles. The van der Waals surface area contributed by atoms with E-state index in [0.717, 1.165) is 36.8 Å². The van der Waals surface area contributed by atoms with Crippen LogP contribution in [0.25, 0.3) is 0 Å². The van der Waals surface area contributed by atoms with Crippen molar-refractivity contribution in [2.24, 2.45) is 0 Å². The van der Waals surface area contributed by atoms with E-state index < -0.39 is 0 Å². The maximum absolute atomic E-state index is 5.86. The van der Waals surface area contributed by atoms with Crippen molar-refractivity contribution in [3.63, 3.8) is 0 Å². The number of hydrogen-bond acceptors (Lipinski definition) is 1. The second-order valence-corrected chi connectivity index (χ2v) is 6.46. The van der Waals surface area contributed by atoms with Gasteiger partial charge in [-0.1, -0.05) is 41.9 Å². The van der Waals surface area contributed by atoms with E-state index in [2.05, 4.69) is 48.0 Å². The molecular formula is C18H23ClN3S+. The van der Waals surface area contributed by atoms with Crippen LogP contribution in [0.3, 0.4) is 0 Å². The van der Waals surface area contributed by atoms with Gasteiger partial charge in [-0.3, -0.25) is 0 Å². The summed E-state index contributed by atoms with van der Waals surface area (Å²) in [6.45, 7) is 3.02. The van der Waals surface area contributed by atoms with Crippen LogP contribution in [0.5, 0.6) is 0 Å². The number of thiocarbonyl (C=S) groups is 1. The Balaban J connectivity index is 1.61. The number of hydrogen-bond donors (Lipinski definition) is 3. The van der Waals surface area contributed by atoms with Gasteiger partial charge in [0.15, 0.2) is 5.11 Å². The topological polar surface area (TPSA) is 28.5 Å². The van der Waals surface area contributed by atoms with Crippen molar-refractivity contribution >= 4 is 34.6 Å². The Morgan fingerprint density at radius 3 is 2.48 bits per heavy atom. The third kappa shape index (κ3) is 6.99. The molecule has 3 nitrogen and oxygen atoms in total. The van der Waals surface area contributed by atoms with E-state index in [1.165, 1.54) is 10.5 Å². The van der Waals surface area contributed by atoms with Gasteiger partial charge in [-0.25, -0.2) is 0 Å². The Morgan fingerprint density at radius 1 is 1.09 bits per heavy atom. The predicted molar refractivity (Wildman–Crippen MR) is 102 cm³/mol. The summed E-state index contributed by atoms with van der Waals surface area (Å²) in [5, 5.41) is 7.76. The largest absolute Gasteiger partial charge is 0.362 e. The van der Waals surface area contributed by atoms with Crippen molar-refractivity contribution in [2.45, 2.75) is 13.0 Å². The fourth-order valence-corrected chi connectivity index (χ4v) is 2.68. The van der Waals surface area contributed by atoms with Gasteiger partial charge >= 0.3 is 0 Å². The Morgan fingerprint density at radius 2 is 1.78 bits per heavy atom. The summed E-state index contributed by atoms with van der Waals surface area (Å²) in [6, 6.07) is 18.1. The summed E-state index contributed by atoms with van der Waals surface area (Å²) in [5.41, 5.74) is 2.32. The summed E-state index contributed by atoms with van der Waals surface area (Å²) in [4.78, 5) is 1.49. The van der Waals surface area contributed by atoms with Crippen molar-refractivity contribution in [3.8, 4) is 0 Å². The monoisotopic (exact) mass is 348 g/mol. The highest BCUT2D eigenvalue weighted by Gasteiger charge is 2.03. The second kappa shape index (κ2) is 9.50. The van der Waals surface area contributed by atoms with E-state index in [-0.39, 0.29) is 0 Å². The molecule has 122 valence electrons. The zero-order valence-corrected chi connectivity index (χ0v) is 14.9. The van der Waals surface area contributed by atoms with Crippen LogP contribution in [0.2, 0.25) is 5.02 Å². The molecule has 0 amide bonds. The molecule has 1 unspecified atom stereocenters. The van der Waals surface area contributed by atoms with Crippen molar-refractivity contribution in [1.29, 1.82) is 0 Å². The van der Waals surface area contributed by atoms with Gasteiger partial charge < -0.3 is 15.5 Å². The molecule has 2 rings (SSSR count). The van der Waals surface area contributed by atoms with E-state index >= 15 is 0 Å². The smallest absolute Gasteiger partial charge is 0.170 e. The zero-order valence-electron chi connectivity index (χ0n) is 13.3. The third-order valence-electron chi connectivity index (χ3n) is 3.52. The Hall–Kier alpha value is -1.62. The minimum Gasteiger partial charge on any atom is -0.362 e. The van der Waals surface area contributed by atoms with Gasteiger partial charge in [0.25, 0.3) is 0 Å². The van der Waals surface area contributed by atoms with Crippen LogP contribution in [-0.2, 0) is 6.54 Å². The van der Waals surface area contributed by atoms with Crippen LogP contribution in [0.15, 0.2) is 54.6 Å². The first-order chi connectivity index (χ1) is 11.1. The van der Waals surface area contributed by atoms with Gasteiger partial charge in [0.1, 0.15) is 6.54 Å². The average Bonchev–Trinajstić information content (AvgIpc) is 2.55. The molecule has 0 spiro atoms. The first kappa shape index (κ1) is 17.7. The molecule has 0 fully saturated rings. The molecule has 0 bridgehead atoms. The van der Waals surface area contributed by atoms with Crippen LogP contribution < -0.4 is 15.5 Å². The lowest BCUT2D eigenvalue weighted by Crippen LogP contribution is -3.07. The fraction of sp³-hybridized carbons (Fsp3) is 0.278. The zero-order chi connectivity index (χ0) is 16.5. The van der Waals surface area contributed by atoms with E-state index in [4.69, 9.17) is 23.8 Å². The third-order valence-corrected chi connectivity index (χ3v) is 4.02. The predicted octanol–water partition coefficient (Wildman–Crippen LogP) is 2.73. The molecule has 0 radical (unpaired) electrons. The summed E-state index contributed by atoms with van der Waals surface area (Å²) in [6.07, 6.45) is 1.07. The summed E-state index contributed by atoms with van der Waals surface area (Å²) in [5.74, 6) is 0. The van der Waals surface area contributed by atoms with Gasteiger partial charge in [-0.05, 0) is 36.5 Å². The molecule has 2 aromatic carbocycles. The minimum absolute atomic E-state index is 0.646. The van der Waals surface area contributed by atoms with Crippen molar-refractivity contribution < 1.29 is 4.90 Å². The molecular weight excluding hydrogens is 326 g/mol. The van der Waals surface area contributed by atoms with Gasteiger partial charge in [0.2, 0.25) is 0 Å². The molecule has 2 aromatic rings. The quantitative estimate of drug-likeness (QED) is 0.531. The Bertz CT molecular complexity index is 601. The normalized spacial score (nSPS) is 11.7. The maximum atomic E-state index is 5.86. The van der Waals surface area contributed by atoms with Crippen molar-refractivity contribution in [1.82, 2.24) is 5.32 Å². The molecule has 0 aliphatic heterocycles. The summed E-state index contributed by atoms with van der Waals surface area (Å²) in [7, 11) is 2.22. The Labute approximate surface area is 148 Å². The first-order valence-electron chi connectivity index (χ1n) is 7.79. The highest BCUT2D eigenvalue weighted by Crippen LogP contribution is 2.12. The van der Waals surface area contributed by atoms with E-state index in [9.17, 15) is 0 Å². The molecule has 0 heterocycles. The average molecular weight is 349 g/mol. The minimum atomic E-state index is 0.646. The van der Waals surface area contributed by atoms with Gasteiger partial charge in [-0.15, -0.1) is 0 Å². The van der Waals surface area contributed by atoms with Crippen LogP contribution >= 0.6 is 23.8 Å². The van der Waals surface area contributed by atoms with Gasteiger partial charge in [-0.2, -0.15) is 0 Å². The van der Waals surface area contributed by atoms with Crippen LogP contribution in [0, 0.1) is 0 Å². The molecule has 23 heavy (non-hydrogen) atoms. The molecule has 0 saturated carbocycles. The van der Waals surface area contributed by atoms with E-state index in [1.54, 1.807) is 0 Å². The van der Waals surface area contributed by atoms with Crippen LogP contribution in [0.4, 0.5) is 5.69 Å². The first-order valence-corrected chi connectivity index (χ1v) is 8.58. The highest BCUT2D eigenvalue weighted by molar-refractivity contribution is 7.80. The van der Waals surface area contributed by atoms with Gasteiger partial charge in [0, 0.05) is 29.2 Å². The lowest BCUT2D eigenvalue weighted by molar-refractivity contribution is -0.893. The molecule has 5 heteroatoms. The van der Waals surface area contributed by atoms with Crippen LogP contribution in [0.1, 0.15) is 12.0 Å². The molecule has 3 N–H and O–H groups in total.